The van der Waals surface area contributed by atoms with Crippen LogP contribution in [0.1, 0.15) is 44.0 Å². The van der Waals surface area contributed by atoms with E-state index in [2.05, 4.69) is 5.32 Å². The first-order valence-corrected chi connectivity index (χ1v) is 8.13. The third-order valence-corrected chi connectivity index (χ3v) is 4.21. The standard InChI is InChI=1S/C18H26N2O3/c1-18(2,3)17(23)19-15-6-4-5-14(11-15)16(22)20-9-7-13(12-21)8-10-20/h4-6,11,13,21H,7-10,12H2,1-3H3,(H,19,23). The largest absolute Gasteiger partial charge is 0.396 e. The smallest absolute Gasteiger partial charge is 0.253 e. The van der Waals surface area contributed by atoms with Crippen molar-refractivity contribution in [1.29, 1.82) is 0 Å². The highest BCUT2D eigenvalue weighted by Crippen LogP contribution is 2.21. The minimum atomic E-state index is -0.480. The first-order valence-electron chi connectivity index (χ1n) is 8.13. The van der Waals surface area contributed by atoms with Crippen molar-refractivity contribution in [1.82, 2.24) is 4.90 Å². The fourth-order valence-electron chi connectivity index (χ4n) is 2.55. The molecule has 1 heterocycles. The maximum atomic E-state index is 12.6. The third kappa shape index (κ3) is 4.55. The number of likely N-dealkylation sites (tertiary alicyclic amines) is 1. The zero-order valence-corrected chi connectivity index (χ0v) is 14.1. The molecule has 1 aliphatic rings. The lowest BCUT2D eigenvalue weighted by molar-refractivity contribution is -0.123. The SMILES string of the molecule is CC(C)(C)C(=O)Nc1cccc(C(=O)N2CCC(CO)CC2)c1. The highest BCUT2D eigenvalue weighted by molar-refractivity contribution is 5.98. The molecule has 0 radical (unpaired) electrons. The molecule has 5 heteroatoms. The number of carbonyl (C=O) groups excluding carboxylic acids is 2. The van der Waals surface area contributed by atoms with Crippen LogP contribution in [0.3, 0.4) is 0 Å². The van der Waals surface area contributed by atoms with Crippen molar-refractivity contribution in [2.45, 2.75) is 33.6 Å². The van der Waals surface area contributed by atoms with Crippen LogP contribution in [0, 0.1) is 11.3 Å². The number of hydrogen-bond acceptors (Lipinski definition) is 3. The molecule has 2 N–H and O–H groups in total. The molecular weight excluding hydrogens is 292 g/mol. The molecule has 2 amide bonds. The summed E-state index contributed by atoms with van der Waals surface area (Å²) < 4.78 is 0. The minimum Gasteiger partial charge on any atom is -0.396 e. The number of rotatable bonds is 3. The highest BCUT2D eigenvalue weighted by atomic mass is 16.3. The van der Waals surface area contributed by atoms with Crippen LogP contribution < -0.4 is 5.32 Å². The van der Waals surface area contributed by atoms with Gasteiger partial charge in [-0.05, 0) is 37.0 Å². The van der Waals surface area contributed by atoms with E-state index < -0.39 is 5.41 Å². The molecule has 23 heavy (non-hydrogen) atoms. The van der Waals surface area contributed by atoms with Crippen molar-refractivity contribution in [3.05, 3.63) is 29.8 Å². The Hall–Kier alpha value is -1.88. The summed E-state index contributed by atoms with van der Waals surface area (Å²) in [6, 6.07) is 7.07. The number of amides is 2. The van der Waals surface area contributed by atoms with Crippen molar-refractivity contribution < 1.29 is 14.7 Å². The van der Waals surface area contributed by atoms with Gasteiger partial charge in [-0.25, -0.2) is 0 Å². The van der Waals surface area contributed by atoms with Crippen LogP contribution in [-0.4, -0.2) is 41.5 Å². The van der Waals surface area contributed by atoms with Crippen molar-refractivity contribution in [2.24, 2.45) is 11.3 Å². The Morgan fingerprint density at radius 2 is 1.91 bits per heavy atom. The average Bonchev–Trinajstić information content (AvgIpc) is 2.53. The minimum absolute atomic E-state index is 0.0201. The monoisotopic (exact) mass is 318 g/mol. The topological polar surface area (TPSA) is 69.6 Å². The van der Waals surface area contributed by atoms with Gasteiger partial charge in [0, 0.05) is 36.4 Å². The molecule has 0 saturated carbocycles. The Morgan fingerprint density at radius 1 is 1.26 bits per heavy atom. The molecule has 1 aliphatic heterocycles. The summed E-state index contributed by atoms with van der Waals surface area (Å²) in [6.45, 7) is 7.08. The van der Waals surface area contributed by atoms with Crippen molar-refractivity contribution in [3.63, 3.8) is 0 Å². The molecule has 0 aliphatic carbocycles. The fraction of sp³-hybridized carbons (Fsp3) is 0.556. The molecule has 0 aromatic heterocycles. The second kappa shape index (κ2) is 7.13. The molecule has 126 valence electrons. The van der Waals surface area contributed by atoms with Gasteiger partial charge >= 0.3 is 0 Å². The molecule has 5 nitrogen and oxygen atoms in total. The van der Waals surface area contributed by atoms with Gasteiger partial charge in [0.1, 0.15) is 0 Å². The quantitative estimate of drug-likeness (QED) is 0.899. The third-order valence-electron chi connectivity index (χ3n) is 4.21. The van der Waals surface area contributed by atoms with Gasteiger partial charge < -0.3 is 15.3 Å². The van der Waals surface area contributed by atoms with Gasteiger partial charge in [-0.15, -0.1) is 0 Å². The molecule has 0 bridgehead atoms. The summed E-state index contributed by atoms with van der Waals surface area (Å²) in [5.74, 6) is 0.204. The molecule has 1 aromatic rings. The Kier molecular flexibility index (Phi) is 5.42. The van der Waals surface area contributed by atoms with Crippen LogP contribution in [0.25, 0.3) is 0 Å². The molecule has 0 spiro atoms. The van der Waals surface area contributed by atoms with Crippen LogP contribution in [-0.2, 0) is 4.79 Å². The van der Waals surface area contributed by atoms with Crippen LogP contribution in [0.4, 0.5) is 5.69 Å². The summed E-state index contributed by atoms with van der Waals surface area (Å²) in [5.41, 5.74) is 0.742. The van der Waals surface area contributed by atoms with Crippen LogP contribution in [0.2, 0.25) is 0 Å². The molecule has 1 saturated heterocycles. The van der Waals surface area contributed by atoms with Gasteiger partial charge in [0.05, 0.1) is 0 Å². The van der Waals surface area contributed by atoms with Gasteiger partial charge in [0.25, 0.3) is 5.91 Å². The summed E-state index contributed by atoms with van der Waals surface area (Å²) in [7, 11) is 0. The average molecular weight is 318 g/mol. The number of aliphatic hydroxyl groups excluding tert-OH is 1. The Labute approximate surface area is 137 Å². The summed E-state index contributed by atoms with van der Waals surface area (Å²) in [6.07, 6.45) is 1.67. The Bertz CT molecular complexity index is 570. The van der Waals surface area contributed by atoms with E-state index in [9.17, 15) is 14.7 Å². The van der Waals surface area contributed by atoms with E-state index in [1.165, 1.54) is 0 Å². The molecular formula is C18H26N2O3. The lowest BCUT2D eigenvalue weighted by Crippen LogP contribution is -2.39. The number of piperidine rings is 1. The Balaban J connectivity index is 2.05. The number of anilines is 1. The lowest BCUT2D eigenvalue weighted by Gasteiger charge is -2.31. The van der Waals surface area contributed by atoms with E-state index in [0.717, 1.165) is 12.8 Å². The summed E-state index contributed by atoms with van der Waals surface area (Å²) in [4.78, 5) is 26.5. The van der Waals surface area contributed by atoms with Gasteiger partial charge in [-0.2, -0.15) is 0 Å². The number of nitrogens with zero attached hydrogens (tertiary/aromatic N) is 1. The number of benzene rings is 1. The highest BCUT2D eigenvalue weighted by Gasteiger charge is 2.24. The van der Waals surface area contributed by atoms with E-state index in [-0.39, 0.29) is 18.4 Å². The predicted octanol–water partition coefficient (Wildman–Crippen LogP) is 2.52. The second-order valence-corrected chi connectivity index (χ2v) is 7.20. The summed E-state index contributed by atoms with van der Waals surface area (Å²) in [5, 5.41) is 12.0. The van der Waals surface area contributed by atoms with Crippen LogP contribution in [0.5, 0.6) is 0 Å². The van der Waals surface area contributed by atoms with Gasteiger partial charge in [-0.1, -0.05) is 26.8 Å². The van der Waals surface area contributed by atoms with Crippen molar-refractivity contribution in [2.75, 3.05) is 25.0 Å². The van der Waals surface area contributed by atoms with Crippen molar-refractivity contribution >= 4 is 17.5 Å². The van der Waals surface area contributed by atoms with Crippen LogP contribution >= 0.6 is 0 Å². The van der Waals surface area contributed by atoms with E-state index >= 15 is 0 Å². The normalized spacial score (nSPS) is 16.3. The first kappa shape index (κ1) is 17.5. The first-order chi connectivity index (χ1) is 10.8. The zero-order valence-electron chi connectivity index (χ0n) is 14.1. The molecule has 0 atom stereocenters. The van der Waals surface area contributed by atoms with Gasteiger partial charge in [-0.3, -0.25) is 9.59 Å². The van der Waals surface area contributed by atoms with Crippen molar-refractivity contribution in [3.8, 4) is 0 Å². The zero-order chi connectivity index (χ0) is 17.0. The number of aliphatic hydroxyl groups is 1. The maximum absolute atomic E-state index is 12.6. The van der Waals surface area contributed by atoms with Crippen LogP contribution in [0.15, 0.2) is 24.3 Å². The fourth-order valence-corrected chi connectivity index (χ4v) is 2.55. The molecule has 1 aromatic carbocycles. The van der Waals surface area contributed by atoms with E-state index in [1.54, 1.807) is 24.3 Å². The van der Waals surface area contributed by atoms with E-state index in [0.29, 0.717) is 30.3 Å². The molecule has 2 rings (SSSR count). The maximum Gasteiger partial charge on any atom is 0.253 e. The van der Waals surface area contributed by atoms with Gasteiger partial charge in [0.2, 0.25) is 5.91 Å². The molecule has 0 unspecified atom stereocenters. The lowest BCUT2D eigenvalue weighted by atomic mass is 9.95. The molecule has 1 fully saturated rings. The Morgan fingerprint density at radius 3 is 2.48 bits per heavy atom. The summed E-state index contributed by atoms with van der Waals surface area (Å²) >= 11 is 0. The van der Waals surface area contributed by atoms with E-state index in [1.807, 2.05) is 25.7 Å². The predicted molar refractivity (Wildman–Crippen MR) is 90.2 cm³/mol. The number of hydrogen-bond donors (Lipinski definition) is 2. The number of carbonyl (C=O) groups is 2. The van der Waals surface area contributed by atoms with Gasteiger partial charge in [0.15, 0.2) is 0 Å². The second-order valence-electron chi connectivity index (χ2n) is 7.20. The number of nitrogens with one attached hydrogen (secondary N) is 1. The van der Waals surface area contributed by atoms with E-state index in [4.69, 9.17) is 0 Å².